The molecule has 1 atom stereocenters. The van der Waals surface area contributed by atoms with Crippen LogP contribution in [0.25, 0.3) is 0 Å². The molecule has 1 unspecified atom stereocenters. The van der Waals surface area contributed by atoms with E-state index in [0.717, 1.165) is 36.1 Å². The van der Waals surface area contributed by atoms with Gasteiger partial charge in [-0.2, -0.15) is 0 Å². The number of carbonyl (C=O) groups is 1. The van der Waals surface area contributed by atoms with Crippen molar-refractivity contribution in [3.05, 3.63) is 70.5 Å². The van der Waals surface area contributed by atoms with Gasteiger partial charge in [0.25, 0.3) is 0 Å². The molecule has 0 aliphatic rings. The van der Waals surface area contributed by atoms with Crippen molar-refractivity contribution in [3.63, 3.8) is 0 Å². The second-order valence-corrected chi connectivity index (χ2v) is 11.0. The lowest BCUT2D eigenvalue weighted by Gasteiger charge is -2.13. The molecule has 0 bridgehead atoms. The Morgan fingerprint density at radius 2 is 1.69 bits per heavy atom. The topological polar surface area (TPSA) is 60.4 Å². The van der Waals surface area contributed by atoms with Gasteiger partial charge in [-0.15, -0.1) is 0 Å². The highest BCUT2D eigenvalue weighted by molar-refractivity contribution is 8.04. The standard InChI is InChI=1S/C26H34O4S2/c1-4-5-7-11-22(3)30-26(27)15-10-14-24(31-23-12-8-6-9-13-23)20-32(28,29)25-18-16-21(2)17-19-25/h6,8-9,12-13,16-20,22H,4-5,7,10-11,14-15H2,1-3H3/b24-20+. The van der Waals surface area contributed by atoms with E-state index >= 15 is 0 Å². The molecule has 0 heterocycles. The maximum absolute atomic E-state index is 12.9. The molecule has 6 heteroatoms. The molecule has 0 spiro atoms. The van der Waals surface area contributed by atoms with Crippen molar-refractivity contribution >= 4 is 27.6 Å². The minimum absolute atomic E-state index is 0.0790. The third-order valence-electron chi connectivity index (χ3n) is 4.98. The van der Waals surface area contributed by atoms with Crippen LogP contribution in [0.1, 0.15) is 64.4 Å². The summed E-state index contributed by atoms with van der Waals surface area (Å²) in [5, 5.41) is 1.34. The summed E-state index contributed by atoms with van der Waals surface area (Å²) in [7, 11) is -3.58. The average Bonchev–Trinajstić information content (AvgIpc) is 2.74. The first-order valence-electron chi connectivity index (χ1n) is 11.2. The van der Waals surface area contributed by atoms with E-state index in [1.165, 1.54) is 17.2 Å². The molecular weight excluding hydrogens is 440 g/mol. The molecule has 2 rings (SSSR count). The summed E-state index contributed by atoms with van der Waals surface area (Å²) in [5.74, 6) is -0.223. The first kappa shape index (κ1) is 26.2. The summed E-state index contributed by atoms with van der Waals surface area (Å²) in [6.45, 7) is 6.00. The van der Waals surface area contributed by atoms with E-state index in [4.69, 9.17) is 4.74 Å². The van der Waals surface area contributed by atoms with E-state index in [-0.39, 0.29) is 23.4 Å². The summed E-state index contributed by atoms with van der Waals surface area (Å²) in [6.07, 6.45) is 5.44. The Hall–Kier alpha value is -2.05. The molecule has 0 radical (unpaired) electrons. The Morgan fingerprint density at radius 3 is 2.34 bits per heavy atom. The van der Waals surface area contributed by atoms with E-state index in [9.17, 15) is 13.2 Å². The number of benzene rings is 2. The predicted octanol–water partition coefficient (Wildman–Crippen LogP) is 7.08. The highest BCUT2D eigenvalue weighted by atomic mass is 32.2. The Balaban J connectivity index is 2.03. The molecule has 0 aromatic heterocycles. The van der Waals surface area contributed by atoms with Crippen LogP contribution in [0.15, 0.2) is 74.7 Å². The maximum Gasteiger partial charge on any atom is 0.306 e. The van der Waals surface area contributed by atoms with Gasteiger partial charge in [-0.3, -0.25) is 4.79 Å². The van der Waals surface area contributed by atoms with E-state index in [0.29, 0.717) is 17.7 Å². The van der Waals surface area contributed by atoms with Gasteiger partial charge >= 0.3 is 5.97 Å². The number of aryl methyl sites for hydroxylation is 1. The lowest BCUT2D eigenvalue weighted by Crippen LogP contribution is -2.14. The average molecular weight is 475 g/mol. The van der Waals surface area contributed by atoms with E-state index < -0.39 is 9.84 Å². The fourth-order valence-electron chi connectivity index (χ4n) is 3.17. The van der Waals surface area contributed by atoms with Crippen molar-refractivity contribution < 1.29 is 17.9 Å². The lowest BCUT2D eigenvalue weighted by molar-refractivity contribution is -0.148. The summed E-state index contributed by atoms with van der Waals surface area (Å²) >= 11 is 1.42. The van der Waals surface area contributed by atoms with E-state index in [1.807, 2.05) is 44.2 Å². The van der Waals surface area contributed by atoms with Gasteiger partial charge in [0, 0.05) is 21.6 Å². The molecule has 174 valence electrons. The molecular formula is C26H34O4S2. The minimum Gasteiger partial charge on any atom is -0.463 e. The van der Waals surface area contributed by atoms with Crippen LogP contribution in [0.2, 0.25) is 0 Å². The number of hydrogen-bond donors (Lipinski definition) is 0. The second-order valence-electron chi connectivity index (χ2n) is 8.01. The molecule has 0 saturated heterocycles. The summed E-state index contributed by atoms with van der Waals surface area (Å²) in [4.78, 5) is 14.1. The van der Waals surface area contributed by atoms with Crippen LogP contribution in [0.3, 0.4) is 0 Å². The van der Waals surface area contributed by atoms with Crippen LogP contribution < -0.4 is 0 Å². The van der Waals surface area contributed by atoms with Gasteiger partial charge in [-0.05, 0) is 63.8 Å². The quantitative estimate of drug-likeness (QED) is 0.176. The first-order valence-corrected chi connectivity index (χ1v) is 13.6. The van der Waals surface area contributed by atoms with Gasteiger partial charge in [-0.25, -0.2) is 8.42 Å². The number of allylic oxidation sites excluding steroid dienone is 1. The summed E-state index contributed by atoms with van der Waals surface area (Å²) < 4.78 is 31.4. The Bertz CT molecular complexity index is 965. The van der Waals surface area contributed by atoms with Gasteiger partial charge < -0.3 is 4.74 Å². The lowest BCUT2D eigenvalue weighted by atomic mass is 10.1. The minimum atomic E-state index is -3.58. The number of ether oxygens (including phenoxy) is 1. The second kappa shape index (κ2) is 13.5. The van der Waals surface area contributed by atoms with Crippen molar-refractivity contribution in [2.75, 3.05) is 0 Å². The van der Waals surface area contributed by atoms with Crippen molar-refractivity contribution in [1.29, 1.82) is 0 Å². The fourth-order valence-corrected chi connectivity index (χ4v) is 5.70. The Morgan fingerprint density at radius 1 is 1.00 bits per heavy atom. The number of unbranched alkanes of at least 4 members (excludes halogenated alkanes) is 2. The molecule has 4 nitrogen and oxygen atoms in total. The highest BCUT2D eigenvalue weighted by Crippen LogP contribution is 2.32. The Kier molecular flexibility index (Phi) is 11.0. The van der Waals surface area contributed by atoms with Crippen LogP contribution in [-0.2, 0) is 19.4 Å². The van der Waals surface area contributed by atoms with Crippen LogP contribution in [0.4, 0.5) is 0 Å². The van der Waals surface area contributed by atoms with E-state index in [2.05, 4.69) is 6.92 Å². The predicted molar refractivity (Wildman–Crippen MR) is 132 cm³/mol. The number of hydrogen-bond acceptors (Lipinski definition) is 5. The number of esters is 1. The van der Waals surface area contributed by atoms with E-state index in [1.54, 1.807) is 24.3 Å². The number of rotatable bonds is 13. The van der Waals surface area contributed by atoms with Crippen molar-refractivity contribution in [1.82, 2.24) is 0 Å². The smallest absolute Gasteiger partial charge is 0.306 e. The monoisotopic (exact) mass is 474 g/mol. The van der Waals surface area contributed by atoms with Crippen molar-refractivity contribution in [2.24, 2.45) is 0 Å². The normalized spacial score (nSPS) is 13.0. The van der Waals surface area contributed by atoms with Gasteiger partial charge in [-0.1, -0.05) is 67.4 Å². The summed E-state index contributed by atoms with van der Waals surface area (Å²) in [6, 6.07) is 16.5. The molecule has 2 aromatic carbocycles. The third-order valence-corrected chi connectivity index (χ3v) is 7.74. The van der Waals surface area contributed by atoms with Crippen molar-refractivity contribution in [3.8, 4) is 0 Å². The maximum atomic E-state index is 12.9. The first-order chi connectivity index (χ1) is 15.3. The van der Waals surface area contributed by atoms with Crippen LogP contribution in [0.5, 0.6) is 0 Å². The van der Waals surface area contributed by atoms with Crippen LogP contribution >= 0.6 is 11.8 Å². The van der Waals surface area contributed by atoms with Gasteiger partial charge in [0.1, 0.15) is 0 Å². The molecule has 2 aromatic rings. The SMILES string of the molecule is CCCCCC(C)OC(=O)CCC/C(=C\S(=O)(=O)c1ccc(C)cc1)Sc1ccccc1. The van der Waals surface area contributed by atoms with Gasteiger partial charge in [0.2, 0.25) is 9.84 Å². The van der Waals surface area contributed by atoms with Crippen molar-refractivity contribution in [2.45, 2.75) is 81.6 Å². The Labute approximate surface area is 197 Å². The van der Waals surface area contributed by atoms with Crippen LogP contribution in [-0.4, -0.2) is 20.5 Å². The number of carbonyl (C=O) groups excluding carboxylic acids is 1. The number of thioether (sulfide) groups is 1. The molecule has 0 fully saturated rings. The van der Waals surface area contributed by atoms with Crippen LogP contribution in [0, 0.1) is 6.92 Å². The zero-order chi connectivity index (χ0) is 23.4. The van der Waals surface area contributed by atoms with Gasteiger partial charge in [0.05, 0.1) is 11.0 Å². The highest BCUT2D eigenvalue weighted by Gasteiger charge is 2.15. The molecule has 0 aliphatic heterocycles. The molecule has 0 N–H and O–H groups in total. The number of sulfone groups is 1. The summed E-state index contributed by atoms with van der Waals surface area (Å²) in [5.41, 5.74) is 1.01. The zero-order valence-electron chi connectivity index (χ0n) is 19.3. The molecule has 32 heavy (non-hydrogen) atoms. The molecule has 0 saturated carbocycles. The zero-order valence-corrected chi connectivity index (χ0v) is 20.9. The molecule has 0 aliphatic carbocycles. The third kappa shape index (κ3) is 9.61. The largest absolute Gasteiger partial charge is 0.463 e. The molecule has 0 amide bonds. The van der Waals surface area contributed by atoms with Gasteiger partial charge in [0.15, 0.2) is 0 Å². The fraction of sp³-hybridized carbons (Fsp3) is 0.423.